The van der Waals surface area contributed by atoms with Gasteiger partial charge in [0.2, 0.25) is 0 Å². The number of aromatic nitrogens is 1. The number of thiophene rings is 1. The molecule has 1 N–H and O–H groups in total. The number of ether oxygens (including phenoxy) is 2. The Balaban J connectivity index is 1.99. The molecule has 1 atom stereocenters. The predicted octanol–water partition coefficient (Wildman–Crippen LogP) is 2.38. The molecular weight excluding hydrogens is 344 g/mol. The van der Waals surface area contributed by atoms with E-state index in [1.54, 1.807) is 18.3 Å². The number of anilines is 1. The fourth-order valence-electron chi connectivity index (χ4n) is 2.91. The number of methoxy groups -OCH3 is 2. The highest BCUT2D eigenvalue weighted by atomic mass is 32.1. The van der Waals surface area contributed by atoms with Crippen LogP contribution in [0.5, 0.6) is 0 Å². The third kappa shape index (κ3) is 3.12. The van der Waals surface area contributed by atoms with E-state index < -0.39 is 17.9 Å². The predicted molar refractivity (Wildman–Crippen MR) is 90.9 cm³/mol. The fourth-order valence-corrected chi connectivity index (χ4v) is 4.17. The van der Waals surface area contributed by atoms with Crippen molar-refractivity contribution >= 4 is 34.2 Å². The molecule has 130 valence electrons. The van der Waals surface area contributed by atoms with Crippen molar-refractivity contribution in [3.63, 3.8) is 0 Å². The van der Waals surface area contributed by atoms with Crippen molar-refractivity contribution < 1.29 is 23.9 Å². The Morgan fingerprint density at radius 3 is 2.72 bits per heavy atom. The summed E-state index contributed by atoms with van der Waals surface area (Å²) in [6.45, 7) is 0. The summed E-state index contributed by atoms with van der Waals surface area (Å²) in [6, 6.07) is 3.27. The van der Waals surface area contributed by atoms with Crippen LogP contribution in [0.3, 0.4) is 0 Å². The molecule has 1 aliphatic rings. The van der Waals surface area contributed by atoms with Crippen molar-refractivity contribution in [2.24, 2.45) is 0 Å². The van der Waals surface area contributed by atoms with Gasteiger partial charge in [-0.25, -0.2) is 4.79 Å². The van der Waals surface area contributed by atoms with Gasteiger partial charge in [0.15, 0.2) is 0 Å². The van der Waals surface area contributed by atoms with Crippen molar-refractivity contribution in [1.82, 2.24) is 4.98 Å². The summed E-state index contributed by atoms with van der Waals surface area (Å²) < 4.78 is 9.70. The zero-order chi connectivity index (χ0) is 18.0. The molecule has 0 fully saturated rings. The number of carbonyl (C=O) groups excluding carboxylic acids is 3. The van der Waals surface area contributed by atoms with E-state index in [9.17, 15) is 14.4 Å². The van der Waals surface area contributed by atoms with Gasteiger partial charge in [-0.15, -0.1) is 11.3 Å². The van der Waals surface area contributed by atoms with Gasteiger partial charge in [-0.1, -0.05) is 0 Å². The lowest BCUT2D eigenvalue weighted by molar-refractivity contribution is -0.142. The lowest BCUT2D eigenvalue weighted by Crippen LogP contribution is -2.17. The zero-order valence-corrected chi connectivity index (χ0v) is 14.5. The summed E-state index contributed by atoms with van der Waals surface area (Å²) >= 11 is 1.29. The van der Waals surface area contributed by atoms with Crippen LogP contribution < -0.4 is 5.32 Å². The highest BCUT2D eigenvalue weighted by molar-refractivity contribution is 7.17. The molecule has 8 heteroatoms. The smallest absolute Gasteiger partial charge is 0.341 e. The van der Waals surface area contributed by atoms with Gasteiger partial charge in [-0.05, 0) is 30.5 Å². The first-order chi connectivity index (χ1) is 12.1. The lowest BCUT2D eigenvalue weighted by Gasteiger charge is -2.11. The van der Waals surface area contributed by atoms with E-state index in [0.29, 0.717) is 29.0 Å². The minimum absolute atomic E-state index is 0.229. The third-order valence-corrected chi connectivity index (χ3v) is 5.24. The SMILES string of the molecule is COC(=O)c1c(NC(=O)c2cccnc2)sc2c1[C@H](C(=O)OC)CC2. The molecule has 1 amide bonds. The van der Waals surface area contributed by atoms with Crippen LogP contribution in [0.4, 0.5) is 5.00 Å². The molecule has 25 heavy (non-hydrogen) atoms. The number of amides is 1. The van der Waals surface area contributed by atoms with Crippen molar-refractivity contribution in [3.8, 4) is 0 Å². The number of hydrogen-bond donors (Lipinski definition) is 1. The molecule has 0 saturated heterocycles. The van der Waals surface area contributed by atoms with Crippen LogP contribution in [0.2, 0.25) is 0 Å². The number of aryl methyl sites for hydroxylation is 1. The quantitative estimate of drug-likeness (QED) is 0.841. The molecule has 0 bridgehead atoms. The molecule has 0 aliphatic heterocycles. The van der Waals surface area contributed by atoms with Crippen molar-refractivity contribution in [3.05, 3.63) is 46.1 Å². The number of esters is 2. The standard InChI is InChI=1S/C17H16N2O5S/c1-23-16(21)10-5-6-11-12(10)13(17(22)24-2)15(25-11)19-14(20)9-4-3-7-18-8-9/h3-4,7-8,10H,5-6H2,1-2H3,(H,19,20)/t10-/m1/s1. The van der Waals surface area contributed by atoms with Crippen molar-refractivity contribution in [2.75, 3.05) is 19.5 Å². The molecule has 7 nitrogen and oxygen atoms in total. The molecule has 0 spiro atoms. The minimum atomic E-state index is -0.588. The van der Waals surface area contributed by atoms with Gasteiger partial charge < -0.3 is 14.8 Å². The van der Waals surface area contributed by atoms with E-state index >= 15 is 0 Å². The molecule has 2 aromatic rings. The van der Waals surface area contributed by atoms with Gasteiger partial charge in [0.1, 0.15) is 5.00 Å². The highest BCUT2D eigenvalue weighted by Gasteiger charge is 2.38. The van der Waals surface area contributed by atoms with Gasteiger partial charge in [-0.2, -0.15) is 0 Å². The Labute approximate surface area is 148 Å². The van der Waals surface area contributed by atoms with Crippen LogP contribution in [0.1, 0.15) is 43.5 Å². The number of fused-ring (bicyclic) bond motifs is 1. The molecule has 1 aliphatic carbocycles. The fraction of sp³-hybridized carbons (Fsp3) is 0.294. The maximum atomic E-state index is 12.4. The Morgan fingerprint density at radius 2 is 2.08 bits per heavy atom. The first-order valence-electron chi connectivity index (χ1n) is 7.59. The molecule has 0 saturated carbocycles. The Hall–Kier alpha value is -2.74. The van der Waals surface area contributed by atoms with E-state index in [0.717, 1.165) is 4.88 Å². The molecular formula is C17H16N2O5S. The maximum absolute atomic E-state index is 12.4. The molecule has 0 aromatic carbocycles. The molecule has 0 radical (unpaired) electrons. The average molecular weight is 360 g/mol. The Bertz CT molecular complexity index is 831. The van der Waals surface area contributed by atoms with E-state index in [4.69, 9.17) is 9.47 Å². The van der Waals surface area contributed by atoms with Crippen LogP contribution in [-0.4, -0.2) is 37.0 Å². The van der Waals surface area contributed by atoms with Gasteiger partial charge in [0, 0.05) is 17.3 Å². The average Bonchev–Trinajstić information content (AvgIpc) is 3.19. The van der Waals surface area contributed by atoms with Gasteiger partial charge in [0.25, 0.3) is 5.91 Å². The lowest BCUT2D eigenvalue weighted by atomic mass is 9.99. The van der Waals surface area contributed by atoms with E-state index in [1.165, 1.54) is 31.8 Å². The monoisotopic (exact) mass is 360 g/mol. The van der Waals surface area contributed by atoms with Crippen LogP contribution in [-0.2, 0) is 20.7 Å². The van der Waals surface area contributed by atoms with Crippen LogP contribution >= 0.6 is 11.3 Å². The highest BCUT2D eigenvalue weighted by Crippen LogP contribution is 2.45. The number of nitrogens with one attached hydrogen (secondary N) is 1. The van der Waals surface area contributed by atoms with Crippen LogP contribution in [0.25, 0.3) is 0 Å². The first-order valence-corrected chi connectivity index (χ1v) is 8.41. The van der Waals surface area contributed by atoms with E-state index in [2.05, 4.69) is 10.3 Å². The Kier molecular flexibility index (Phi) is 4.80. The number of hydrogen-bond acceptors (Lipinski definition) is 7. The topological polar surface area (TPSA) is 94.6 Å². The maximum Gasteiger partial charge on any atom is 0.341 e. The van der Waals surface area contributed by atoms with Gasteiger partial charge in [-0.3, -0.25) is 14.6 Å². The number of rotatable bonds is 4. The minimum Gasteiger partial charge on any atom is -0.469 e. The van der Waals surface area contributed by atoms with Gasteiger partial charge >= 0.3 is 11.9 Å². The molecule has 2 heterocycles. The number of nitrogens with zero attached hydrogens (tertiary/aromatic N) is 1. The normalized spacial score (nSPS) is 15.4. The summed E-state index contributed by atoms with van der Waals surface area (Å²) in [6.07, 6.45) is 4.23. The molecule has 2 aromatic heterocycles. The third-order valence-electron chi connectivity index (χ3n) is 4.06. The molecule has 3 rings (SSSR count). The summed E-state index contributed by atoms with van der Waals surface area (Å²) in [7, 11) is 2.58. The second kappa shape index (κ2) is 7.02. The van der Waals surface area contributed by atoms with E-state index in [1.807, 2.05) is 0 Å². The number of pyridine rings is 1. The van der Waals surface area contributed by atoms with Crippen LogP contribution in [0.15, 0.2) is 24.5 Å². The summed E-state index contributed by atoms with van der Waals surface area (Å²) in [5.41, 5.74) is 1.20. The first kappa shape index (κ1) is 17.1. The van der Waals surface area contributed by atoms with Gasteiger partial charge in [0.05, 0.1) is 31.3 Å². The zero-order valence-electron chi connectivity index (χ0n) is 13.7. The number of carbonyl (C=O) groups is 3. The summed E-state index contributed by atoms with van der Waals surface area (Å²) in [5.74, 6) is -1.89. The van der Waals surface area contributed by atoms with Crippen molar-refractivity contribution in [2.45, 2.75) is 18.8 Å². The van der Waals surface area contributed by atoms with Crippen LogP contribution in [0, 0.1) is 0 Å². The second-order valence-electron chi connectivity index (χ2n) is 5.44. The second-order valence-corrected chi connectivity index (χ2v) is 6.55. The van der Waals surface area contributed by atoms with Crippen molar-refractivity contribution in [1.29, 1.82) is 0 Å². The largest absolute Gasteiger partial charge is 0.469 e. The Morgan fingerprint density at radius 1 is 1.28 bits per heavy atom. The summed E-state index contributed by atoms with van der Waals surface area (Å²) in [4.78, 5) is 41.5. The van der Waals surface area contributed by atoms with E-state index in [-0.39, 0.29) is 11.5 Å². The summed E-state index contributed by atoms with van der Waals surface area (Å²) in [5, 5.41) is 3.11. The molecule has 0 unspecified atom stereocenters.